The number of aromatic nitrogens is 2. The normalized spacial score (nSPS) is 14.8. The highest BCUT2D eigenvalue weighted by Gasteiger charge is 2.34. The fourth-order valence-corrected chi connectivity index (χ4v) is 5.23. The summed E-state index contributed by atoms with van der Waals surface area (Å²) in [4.78, 5) is 15.9. The Balaban J connectivity index is 1.51. The highest BCUT2D eigenvalue weighted by atomic mass is 19.1. The van der Waals surface area contributed by atoms with Crippen LogP contribution >= 0.6 is 0 Å². The Morgan fingerprint density at radius 1 is 1.00 bits per heavy atom. The number of halogens is 1. The Morgan fingerprint density at radius 2 is 1.68 bits per heavy atom. The van der Waals surface area contributed by atoms with Gasteiger partial charge in [0, 0.05) is 17.8 Å². The number of hydrogen-bond donors (Lipinski definition) is 0. The van der Waals surface area contributed by atoms with Gasteiger partial charge < -0.3 is 14.4 Å². The first kappa shape index (κ1) is 24.6. The lowest BCUT2D eigenvalue weighted by atomic mass is 9.87. The minimum atomic E-state index is -0.299. The first-order valence-electron chi connectivity index (χ1n) is 12.3. The Bertz CT molecular complexity index is 1430. The zero-order valence-corrected chi connectivity index (χ0v) is 21.5. The number of carbonyl (C=O) groups is 1. The van der Waals surface area contributed by atoms with Gasteiger partial charge in [0.2, 0.25) is 5.91 Å². The molecule has 2 heterocycles. The average Bonchev–Trinajstić information content (AvgIpc) is 3.20. The van der Waals surface area contributed by atoms with E-state index in [1.807, 2.05) is 49.1 Å². The van der Waals surface area contributed by atoms with Crippen LogP contribution < -0.4 is 9.47 Å². The van der Waals surface area contributed by atoms with Gasteiger partial charge in [-0.25, -0.2) is 9.07 Å². The lowest BCUT2D eigenvalue weighted by Gasteiger charge is -2.38. The molecule has 1 atom stereocenters. The van der Waals surface area contributed by atoms with Crippen LogP contribution in [0.5, 0.6) is 11.5 Å². The topological polar surface area (TPSA) is 56.6 Å². The Labute approximate surface area is 216 Å². The van der Waals surface area contributed by atoms with E-state index >= 15 is 0 Å². The summed E-state index contributed by atoms with van der Waals surface area (Å²) in [6.45, 7) is 4.45. The predicted molar refractivity (Wildman–Crippen MR) is 140 cm³/mol. The van der Waals surface area contributed by atoms with Crippen LogP contribution in [-0.2, 0) is 17.6 Å². The van der Waals surface area contributed by atoms with Gasteiger partial charge in [0.25, 0.3) is 0 Å². The molecule has 0 spiro atoms. The van der Waals surface area contributed by atoms with Crippen molar-refractivity contribution in [2.75, 3.05) is 20.8 Å². The molecule has 1 aliphatic rings. The summed E-state index contributed by atoms with van der Waals surface area (Å²) in [5.74, 6) is 1.06. The van der Waals surface area contributed by atoms with Crippen molar-refractivity contribution in [1.82, 2.24) is 14.7 Å². The molecule has 0 N–H and O–H groups in total. The molecule has 0 bridgehead atoms. The third-order valence-electron chi connectivity index (χ3n) is 7.15. The van der Waals surface area contributed by atoms with Gasteiger partial charge in [-0.15, -0.1) is 0 Å². The molecular formula is C30H30FN3O3. The number of benzene rings is 3. The SMILES string of the molecule is COc1cc2c(cc1OC)C(c1ccccc1)N(C(=O)Cc1c(C)nn(-c3ccc(F)cc3)c1C)CC2. The van der Waals surface area contributed by atoms with Crippen molar-refractivity contribution in [2.24, 2.45) is 0 Å². The van der Waals surface area contributed by atoms with Gasteiger partial charge in [0.1, 0.15) is 5.82 Å². The predicted octanol–water partition coefficient (Wildman–Crippen LogP) is 5.36. The number of carbonyl (C=O) groups excluding carboxylic acids is 1. The Kier molecular flexibility index (Phi) is 6.70. The van der Waals surface area contributed by atoms with E-state index in [2.05, 4.69) is 17.2 Å². The molecule has 1 amide bonds. The molecule has 0 aliphatic carbocycles. The van der Waals surface area contributed by atoms with Crippen LogP contribution in [0.15, 0.2) is 66.7 Å². The maximum absolute atomic E-state index is 13.9. The van der Waals surface area contributed by atoms with Gasteiger partial charge >= 0.3 is 0 Å². The van der Waals surface area contributed by atoms with Crippen LogP contribution in [0, 0.1) is 19.7 Å². The highest BCUT2D eigenvalue weighted by Crippen LogP contribution is 2.41. The molecule has 5 rings (SSSR count). The molecule has 1 aliphatic heterocycles. The third-order valence-corrected chi connectivity index (χ3v) is 7.15. The van der Waals surface area contributed by atoms with E-state index in [4.69, 9.17) is 9.47 Å². The smallest absolute Gasteiger partial charge is 0.227 e. The zero-order chi connectivity index (χ0) is 26.1. The van der Waals surface area contributed by atoms with Crippen molar-refractivity contribution in [3.8, 4) is 17.2 Å². The second kappa shape index (κ2) is 10.1. The molecule has 190 valence electrons. The van der Waals surface area contributed by atoms with E-state index in [1.54, 1.807) is 31.0 Å². The van der Waals surface area contributed by atoms with Gasteiger partial charge in [-0.2, -0.15) is 5.10 Å². The average molecular weight is 500 g/mol. The van der Waals surface area contributed by atoms with Crippen LogP contribution in [0.2, 0.25) is 0 Å². The summed E-state index contributed by atoms with van der Waals surface area (Å²) in [5, 5.41) is 4.66. The molecule has 0 fully saturated rings. The molecule has 6 nitrogen and oxygen atoms in total. The lowest BCUT2D eigenvalue weighted by Crippen LogP contribution is -2.41. The molecule has 0 saturated carbocycles. The van der Waals surface area contributed by atoms with Crippen molar-refractivity contribution < 1.29 is 18.7 Å². The first-order chi connectivity index (χ1) is 17.9. The van der Waals surface area contributed by atoms with E-state index in [-0.39, 0.29) is 24.2 Å². The minimum absolute atomic E-state index is 0.0270. The molecule has 3 aromatic carbocycles. The number of nitrogens with zero attached hydrogens (tertiary/aromatic N) is 3. The standard InChI is InChI=1S/C30H30FN3O3/c1-19-25(20(2)34(32-19)24-12-10-23(31)11-13-24)18-29(35)33-15-14-22-16-27(36-3)28(37-4)17-26(22)30(33)21-8-6-5-7-9-21/h5-13,16-17,30H,14-15,18H2,1-4H3. The quantitative estimate of drug-likeness (QED) is 0.358. The molecule has 1 aromatic heterocycles. The van der Waals surface area contributed by atoms with Gasteiger partial charge in [0.15, 0.2) is 11.5 Å². The van der Waals surface area contributed by atoms with Crippen LogP contribution in [0.4, 0.5) is 4.39 Å². The van der Waals surface area contributed by atoms with E-state index in [9.17, 15) is 9.18 Å². The van der Waals surface area contributed by atoms with Crippen LogP contribution in [0.1, 0.15) is 39.7 Å². The molecular weight excluding hydrogens is 469 g/mol. The maximum atomic E-state index is 13.9. The van der Waals surface area contributed by atoms with E-state index in [0.29, 0.717) is 18.0 Å². The lowest BCUT2D eigenvalue weighted by molar-refractivity contribution is -0.132. The summed E-state index contributed by atoms with van der Waals surface area (Å²) in [6.07, 6.45) is 0.947. The van der Waals surface area contributed by atoms with Crippen molar-refractivity contribution in [3.05, 3.63) is 106 Å². The van der Waals surface area contributed by atoms with Crippen molar-refractivity contribution in [3.63, 3.8) is 0 Å². The number of rotatable bonds is 6. The van der Waals surface area contributed by atoms with Crippen molar-refractivity contribution in [1.29, 1.82) is 0 Å². The molecule has 0 saturated heterocycles. The molecule has 4 aromatic rings. The molecule has 7 heteroatoms. The fraction of sp³-hybridized carbons (Fsp3) is 0.267. The zero-order valence-electron chi connectivity index (χ0n) is 21.5. The van der Waals surface area contributed by atoms with Gasteiger partial charge in [0.05, 0.1) is 38.1 Å². The summed E-state index contributed by atoms with van der Waals surface area (Å²) < 4.78 is 26.3. The molecule has 37 heavy (non-hydrogen) atoms. The summed E-state index contributed by atoms with van der Waals surface area (Å²) in [6, 6.07) is 20.0. The number of ether oxygens (including phenoxy) is 2. The van der Waals surface area contributed by atoms with Crippen LogP contribution in [0.25, 0.3) is 5.69 Å². The summed E-state index contributed by atoms with van der Waals surface area (Å²) in [5.41, 5.74) is 6.54. The Morgan fingerprint density at radius 3 is 2.35 bits per heavy atom. The monoisotopic (exact) mass is 499 g/mol. The number of hydrogen-bond acceptors (Lipinski definition) is 4. The third kappa shape index (κ3) is 4.57. The summed E-state index contributed by atoms with van der Waals surface area (Å²) in [7, 11) is 3.26. The number of methoxy groups -OCH3 is 2. The fourth-order valence-electron chi connectivity index (χ4n) is 5.23. The second-order valence-corrected chi connectivity index (χ2v) is 9.27. The molecule has 1 unspecified atom stereocenters. The van der Waals surface area contributed by atoms with Gasteiger partial charge in [-0.3, -0.25) is 4.79 Å². The number of amides is 1. The van der Waals surface area contributed by atoms with E-state index < -0.39 is 0 Å². The maximum Gasteiger partial charge on any atom is 0.227 e. The van der Waals surface area contributed by atoms with E-state index in [1.165, 1.54) is 12.1 Å². The number of fused-ring (bicyclic) bond motifs is 1. The van der Waals surface area contributed by atoms with Gasteiger partial charge in [-0.05, 0) is 73.4 Å². The van der Waals surface area contributed by atoms with Crippen LogP contribution in [0.3, 0.4) is 0 Å². The van der Waals surface area contributed by atoms with Crippen molar-refractivity contribution in [2.45, 2.75) is 32.7 Å². The largest absolute Gasteiger partial charge is 0.493 e. The second-order valence-electron chi connectivity index (χ2n) is 9.27. The van der Waals surface area contributed by atoms with Gasteiger partial charge in [-0.1, -0.05) is 30.3 Å². The highest BCUT2D eigenvalue weighted by molar-refractivity contribution is 5.81. The van der Waals surface area contributed by atoms with Crippen LogP contribution in [-0.4, -0.2) is 41.4 Å². The summed E-state index contributed by atoms with van der Waals surface area (Å²) >= 11 is 0. The van der Waals surface area contributed by atoms with Crippen molar-refractivity contribution >= 4 is 5.91 Å². The van der Waals surface area contributed by atoms with E-state index in [0.717, 1.165) is 45.7 Å². The Hall–Kier alpha value is -4.13. The first-order valence-corrected chi connectivity index (χ1v) is 12.3. The molecule has 0 radical (unpaired) electrons. The minimum Gasteiger partial charge on any atom is -0.493 e. The number of aryl methyl sites for hydroxylation is 1.